The Hall–Kier alpha value is -1.89. The Labute approximate surface area is 138 Å². The van der Waals surface area contributed by atoms with Crippen molar-refractivity contribution in [1.29, 1.82) is 0 Å². The molecule has 5 nitrogen and oxygen atoms in total. The summed E-state index contributed by atoms with van der Waals surface area (Å²) in [6.45, 7) is 0. The number of hydroxylamine groups is 3. The van der Waals surface area contributed by atoms with E-state index in [0.717, 1.165) is 39.9 Å². The second-order valence-electron chi connectivity index (χ2n) is 5.57. The minimum atomic E-state index is 0.121. The molecule has 0 saturated heterocycles. The van der Waals surface area contributed by atoms with E-state index in [9.17, 15) is 0 Å². The predicted molar refractivity (Wildman–Crippen MR) is 88.7 cm³/mol. The Morgan fingerprint density at radius 3 is 2.91 bits per heavy atom. The number of fused-ring (bicyclic) bond motifs is 3. The number of rotatable bonds is 3. The van der Waals surface area contributed by atoms with Gasteiger partial charge in [0, 0.05) is 11.6 Å². The molecule has 6 heteroatoms. The highest BCUT2D eigenvalue weighted by molar-refractivity contribution is 7.98. The van der Waals surface area contributed by atoms with Crippen LogP contribution < -0.4 is 10.4 Å². The summed E-state index contributed by atoms with van der Waals surface area (Å²) in [7, 11) is 3.39. The van der Waals surface area contributed by atoms with Crippen molar-refractivity contribution < 1.29 is 14.2 Å². The van der Waals surface area contributed by atoms with Gasteiger partial charge in [-0.1, -0.05) is 16.8 Å². The van der Waals surface area contributed by atoms with Crippen LogP contribution in [0.4, 0.5) is 0 Å². The molecule has 23 heavy (non-hydrogen) atoms. The summed E-state index contributed by atoms with van der Waals surface area (Å²) in [6, 6.07) is 0. The summed E-state index contributed by atoms with van der Waals surface area (Å²) in [5, 5.41) is 11.5. The molecule has 0 aromatic carbocycles. The average Bonchev–Trinajstić information content (AvgIpc) is 2.96. The lowest BCUT2D eigenvalue weighted by Gasteiger charge is -2.34. The zero-order chi connectivity index (χ0) is 16.0. The highest BCUT2D eigenvalue weighted by Gasteiger charge is 2.49. The van der Waals surface area contributed by atoms with Crippen molar-refractivity contribution in [2.24, 2.45) is 0 Å². The molecule has 1 aliphatic carbocycles. The maximum Gasteiger partial charge on any atom is 0.335 e. The lowest BCUT2D eigenvalue weighted by molar-refractivity contribution is -0.962. The quantitative estimate of drug-likeness (QED) is 0.623. The van der Waals surface area contributed by atoms with Gasteiger partial charge in [0.2, 0.25) is 0 Å². The Bertz CT molecular complexity index is 901. The van der Waals surface area contributed by atoms with Gasteiger partial charge in [-0.3, -0.25) is 0 Å². The fourth-order valence-electron chi connectivity index (χ4n) is 3.51. The molecule has 0 N–H and O–H groups in total. The molecule has 0 fully saturated rings. The molecule has 0 radical (unpaired) electrons. The number of hydrogen-bond donors (Lipinski definition) is 0. The first-order valence-corrected chi connectivity index (χ1v) is 8.72. The van der Waals surface area contributed by atoms with Crippen LogP contribution in [0.2, 0.25) is 0 Å². The SMILES string of the molecule is COC1=CC2=C(C=CCC2)C2=c3c(SC)nncc3=C[N+]12OC. The number of ether oxygens (including phenoxy) is 1. The van der Waals surface area contributed by atoms with Crippen molar-refractivity contribution in [3.63, 3.8) is 0 Å². The van der Waals surface area contributed by atoms with Crippen LogP contribution in [0.5, 0.6) is 0 Å². The smallest absolute Gasteiger partial charge is 0.335 e. The number of quaternary nitrogens is 1. The zero-order valence-electron chi connectivity index (χ0n) is 13.4. The molecule has 0 saturated carbocycles. The van der Waals surface area contributed by atoms with Gasteiger partial charge in [0.15, 0.2) is 11.9 Å². The molecular formula is C17H18N3O2S+. The van der Waals surface area contributed by atoms with Crippen molar-refractivity contribution in [3.8, 4) is 0 Å². The van der Waals surface area contributed by atoms with Gasteiger partial charge in [-0.25, -0.2) is 0 Å². The molecule has 3 heterocycles. The third-order valence-corrected chi connectivity index (χ3v) is 5.19. The molecule has 1 unspecified atom stereocenters. The monoisotopic (exact) mass is 328 g/mol. The number of allylic oxidation sites excluding steroid dienone is 3. The maximum atomic E-state index is 5.96. The summed E-state index contributed by atoms with van der Waals surface area (Å²) in [5.74, 6) is 0.764. The summed E-state index contributed by atoms with van der Waals surface area (Å²) in [6.07, 6.45) is 14.4. The van der Waals surface area contributed by atoms with Gasteiger partial charge in [0.25, 0.3) is 0 Å². The minimum absolute atomic E-state index is 0.121. The van der Waals surface area contributed by atoms with Crippen LogP contribution in [-0.2, 0) is 9.57 Å². The van der Waals surface area contributed by atoms with Crippen molar-refractivity contribution in [1.82, 2.24) is 10.2 Å². The normalized spacial score (nSPS) is 24.7. The van der Waals surface area contributed by atoms with Crippen molar-refractivity contribution in [3.05, 3.63) is 51.9 Å². The van der Waals surface area contributed by atoms with Crippen molar-refractivity contribution >= 4 is 23.7 Å². The van der Waals surface area contributed by atoms with Gasteiger partial charge in [-0.15, -0.1) is 16.9 Å². The van der Waals surface area contributed by atoms with Crippen LogP contribution in [0.3, 0.4) is 0 Å². The lowest BCUT2D eigenvalue weighted by atomic mass is 9.92. The molecule has 1 aromatic heterocycles. The second kappa shape index (κ2) is 5.33. The molecule has 4 rings (SSSR count). The first-order chi connectivity index (χ1) is 11.2. The lowest BCUT2D eigenvalue weighted by Crippen LogP contribution is -2.42. The van der Waals surface area contributed by atoms with Gasteiger partial charge >= 0.3 is 5.88 Å². The highest BCUT2D eigenvalue weighted by Crippen LogP contribution is 2.43. The van der Waals surface area contributed by atoms with Gasteiger partial charge in [-0.2, -0.15) is 9.94 Å². The standard InChI is InChI=1S/C17H18N3O2S/c1-21-14-8-11-6-4-5-7-13(11)16-15-12(10-20(14,16)22-2)9-18-19-17(15)23-3/h5,7-10H,4,6H2,1-3H3/q+1. The fraction of sp³-hybridized carbons (Fsp3) is 0.294. The average molecular weight is 328 g/mol. The van der Waals surface area contributed by atoms with E-state index in [1.54, 1.807) is 32.2 Å². The first-order valence-electron chi connectivity index (χ1n) is 7.49. The van der Waals surface area contributed by atoms with Crippen LogP contribution in [-0.4, -0.2) is 35.3 Å². The first kappa shape index (κ1) is 14.7. The molecule has 1 aromatic rings. The number of hydrogen-bond acceptors (Lipinski definition) is 5. The molecule has 2 aliphatic heterocycles. The van der Waals surface area contributed by atoms with Crippen LogP contribution in [0, 0.1) is 0 Å². The van der Waals surface area contributed by atoms with Gasteiger partial charge in [-0.05, 0) is 24.7 Å². The summed E-state index contributed by atoms with van der Waals surface area (Å²) in [4.78, 5) is 5.96. The number of nitrogens with zero attached hydrogens (tertiary/aromatic N) is 3. The summed E-state index contributed by atoms with van der Waals surface area (Å²) >= 11 is 1.60. The second-order valence-corrected chi connectivity index (χ2v) is 6.36. The number of methoxy groups -OCH3 is 1. The topological polar surface area (TPSA) is 44.2 Å². The van der Waals surface area contributed by atoms with E-state index in [0.29, 0.717) is 0 Å². The minimum Gasteiger partial charge on any atom is -0.452 e. The Morgan fingerprint density at radius 2 is 2.17 bits per heavy atom. The summed E-state index contributed by atoms with van der Waals surface area (Å²) < 4.78 is 5.82. The van der Waals surface area contributed by atoms with E-state index >= 15 is 0 Å². The largest absolute Gasteiger partial charge is 0.452 e. The number of thioether (sulfide) groups is 1. The van der Waals surface area contributed by atoms with E-state index in [2.05, 4.69) is 28.4 Å². The third-order valence-electron chi connectivity index (χ3n) is 4.52. The molecule has 1 atom stereocenters. The van der Waals surface area contributed by atoms with E-state index in [4.69, 9.17) is 9.57 Å². The molecule has 3 aliphatic rings. The van der Waals surface area contributed by atoms with Gasteiger partial charge < -0.3 is 4.74 Å². The van der Waals surface area contributed by atoms with E-state index < -0.39 is 0 Å². The van der Waals surface area contributed by atoms with Crippen LogP contribution >= 0.6 is 11.8 Å². The number of aromatic nitrogens is 2. The van der Waals surface area contributed by atoms with Gasteiger partial charge in [0.1, 0.15) is 5.03 Å². The summed E-state index contributed by atoms with van der Waals surface area (Å²) in [5.41, 5.74) is 3.57. The maximum absolute atomic E-state index is 5.96. The molecular weight excluding hydrogens is 310 g/mol. The third kappa shape index (κ3) is 1.89. The molecule has 0 amide bonds. The van der Waals surface area contributed by atoms with Crippen LogP contribution in [0.15, 0.2) is 46.5 Å². The molecule has 0 spiro atoms. The Balaban J connectivity index is 2.17. The fourth-order valence-corrected chi connectivity index (χ4v) is 4.06. The Kier molecular flexibility index (Phi) is 3.41. The Morgan fingerprint density at radius 1 is 1.30 bits per heavy atom. The van der Waals surface area contributed by atoms with E-state index in [1.165, 1.54) is 11.1 Å². The van der Waals surface area contributed by atoms with Crippen LogP contribution in [0.1, 0.15) is 12.8 Å². The van der Waals surface area contributed by atoms with Gasteiger partial charge in [0.05, 0.1) is 30.9 Å². The van der Waals surface area contributed by atoms with Crippen LogP contribution in [0.25, 0.3) is 11.9 Å². The van der Waals surface area contributed by atoms with Crippen molar-refractivity contribution in [2.75, 3.05) is 20.5 Å². The predicted octanol–water partition coefficient (Wildman–Crippen LogP) is 1.58. The van der Waals surface area contributed by atoms with Crippen molar-refractivity contribution in [2.45, 2.75) is 17.9 Å². The molecule has 118 valence electrons. The molecule has 0 bridgehead atoms. The highest BCUT2D eigenvalue weighted by atomic mass is 32.2. The zero-order valence-corrected chi connectivity index (χ0v) is 14.2. The van der Waals surface area contributed by atoms with E-state index in [1.807, 2.05) is 12.5 Å². The van der Waals surface area contributed by atoms with E-state index in [-0.39, 0.29) is 4.65 Å².